The first-order valence-electron chi connectivity index (χ1n) is 9.50. The Kier molecular flexibility index (Phi) is 5.81. The minimum Gasteiger partial charge on any atom is -0.494 e. The van der Waals surface area contributed by atoms with Crippen LogP contribution in [0.3, 0.4) is 0 Å². The molecule has 2 aromatic heterocycles. The molecule has 0 bridgehead atoms. The topological polar surface area (TPSA) is 95.2 Å². The van der Waals surface area contributed by atoms with E-state index in [0.717, 1.165) is 16.6 Å². The summed E-state index contributed by atoms with van der Waals surface area (Å²) in [5.74, 6) is 0.322. The second-order valence-corrected chi connectivity index (χ2v) is 6.72. The zero-order valence-corrected chi connectivity index (χ0v) is 17.0. The van der Waals surface area contributed by atoms with E-state index in [1.807, 2.05) is 13.8 Å². The van der Waals surface area contributed by atoms with Crippen molar-refractivity contribution in [2.45, 2.75) is 26.7 Å². The number of nitrogens with one attached hydrogen (secondary N) is 1. The lowest BCUT2D eigenvalue weighted by atomic mass is 10.1. The number of ether oxygens (including phenoxy) is 1. The highest BCUT2D eigenvalue weighted by atomic mass is 16.5. The van der Waals surface area contributed by atoms with Gasteiger partial charge in [0, 0.05) is 25.9 Å². The predicted molar refractivity (Wildman–Crippen MR) is 112 cm³/mol. The van der Waals surface area contributed by atoms with Crippen LogP contribution in [-0.2, 0) is 20.5 Å². The maximum atomic E-state index is 12.9. The molecule has 1 N–H and O–H groups in total. The molecule has 1 aromatic carbocycles. The number of fused-ring (bicyclic) bond motifs is 1. The molecular weight excluding hydrogens is 372 g/mol. The molecule has 0 aliphatic rings. The van der Waals surface area contributed by atoms with Crippen molar-refractivity contribution in [2.75, 3.05) is 11.9 Å². The van der Waals surface area contributed by atoms with E-state index in [-0.39, 0.29) is 16.9 Å². The third kappa shape index (κ3) is 3.78. The second kappa shape index (κ2) is 8.30. The van der Waals surface area contributed by atoms with Crippen LogP contribution >= 0.6 is 0 Å². The largest absolute Gasteiger partial charge is 0.494 e. The molecule has 0 spiro atoms. The molecule has 0 saturated heterocycles. The van der Waals surface area contributed by atoms with Crippen molar-refractivity contribution >= 4 is 22.6 Å². The average Bonchev–Trinajstić information content (AvgIpc) is 2.72. The molecule has 0 saturated carbocycles. The van der Waals surface area contributed by atoms with E-state index in [2.05, 4.69) is 10.3 Å². The lowest BCUT2D eigenvalue weighted by Gasteiger charge is -2.15. The number of anilines is 1. The molecule has 1 amide bonds. The molecule has 0 aliphatic carbocycles. The van der Waals surface area contributed by atoms with E-state index < -0.39 is 11.2 Å². The van der Waals surface area contributed by atoms with Gasteiger partial charge in [-0.25, -0.2) is 9.78 Å². The molecule has 8 heteroatoms. The van der Waals surface area contributed by atoms with Crippen molar-refractivity contribution in [1.29, 1.82) is 0 Å². The Labute approximate surface area is 167 Å². The van der Waals surface area contributed by atoms with Crippen LogP contribution in [0.5, 0.6) is 5.75 Å². The summed E-state index contributed by atoms with van der Waals surface area (Å²) < 4.78 is 7.73. The minimum atomic E-state index is -0.490. The molecule has 0 fully saturated rings. The molecule has 3 rings (SSSR count). The fraction of sp³-hybridized carbons (Fsp3) is 0.333. The van der Waals surface area contributed by atoms with Gasteiger partial charge in [-0.2, -0.15) is 0 Å². The number of hydrogen-bond acceptors (Lipinski definition) is 5. The van der Waals surface area contributed by atoms with Gasteiger partial charge < -0.3 is 10.1 Å². The van der Waals surface area contributed by atoms with E-state index in [9.17, 15) is 14.4 Å². The van der Waals surface area contributed by atoms with Gasteiger partial charge in [-0.1, -0.05) is 13.3 Å². The summed E-state index contributed by atoms with van der Waals surface area (Å²) in [4.78, 5) is 42.3. The standard InChI is InChI=1S/C21H24N4O4/c1-5-7-14-12-22-18-16(20(27)25(4)21(28)24(18)3)17(14)23-19(26)13-8-10-15(11-9-13)29-6-2/h8-12H,5-7H2,1-4H3,(H,22,23,26). The van der Waals surface area contributed by atoms with Gasteiger partial charge in [0.05, 0.1) is 12.3 Å². The van der Waals surface area contributed by atoms with Crippen LogP contribution in [0.15, 0.2) is 40.1 Å². The first-order valence-corrected chi connectivity index (χ1v) is 9.50. The number of pyridine rings is 1. The van der Waals surface area contributed by atoms with Crippen LogP contribution in [-0.4, -0.2) is 26.6 Å². The van der Waals surface area contributed by atoms with Crippen molar-refractivity contribution in [3.05, 3.63) is 62.4 Å². The highest BCUT2D eigenvalue weighted by molar-refractivity contribution is 6.08. The summed E-state index contributed by atoms with van der Waals surface area (Å²) >= 11 is 0. The third-order valence-corrected chi connectivity index (χ3v) is 4.73. The van der Waals surface area contributed by atoms with Gasteiger partial charge in [0.25, 0.3) is 11.5 Å². The maximum absolute atomic E-state index is 12.9. The molecule has 8 nitrogen and oxygen atoms in total. The zero-order valence-electron chi connectivity index (χ0n) is 17.0. The monoisotopic (exact) mass is 396 g/mol. The molecule has 0 unspecified atom stereocenters. The van der Waals surface area contributed by atoms with Crippen LogP contribution in [0.2, 0.25) is 0 Å². The molecule has 29 heavy (non-hydrogen) atoms. The smallest absolute Gasteiger partial charge is 0.332 e. The summed E-state index contributed by atoms with van der Waals surface area (Å²) in [6, 6.07) is 6.77. The molecule has 0 aliphatic heterocycles. The second-order valence-electron chi connectivity index (χ2n) is 6.72. The Bertz CT molecular complexity index is 1180. The first-order chi connectivity index (χ1) is 13.9. The van der Waals surface area contributed by atoms with E-state index >= 15 is 0 Å². The van der Waals surface area contributed by atoms with Crippen LogP contribution in [0.1, 0.15) is 36.2 Å². The molecule has 0 atom stereocenters. The van der Waals surface area contributed by atoms with Crippen LogP contribution < -0.4 is 21.3 Å². The molecule has 0 radical (unpaired) electrons. The number of amides is 1. The number of carbonyl (C=O) groups is 1. The van der Waals surface area contributed by atoms with Crippen molar-refractivity contribution < 1.29 is 9.53 Å². The number of aryl methyl sites for hydroxylation is 2. The van der Waals surface area contributed by atoms with Gasteiger partial charge in [0.1, 0.15) is 11.1 Å². The maximum Gasteiger partial charge on any atom is 0.332 e. The number of rotatable bonds is 6. The van der Waals surface area contributed by atoms with Gasteiger partial charge in [0.2, 0.25) is 0 Å². The number of nitrogens with zero attached hydrogens (tertiary/aromatic N) is 3. The van der Waals surface area contributed by atoms with E-state index in [1.54, 1.807) is 37.5 Å². The molecule has 152 valence electrons. The van der Waals surface area contributed by atoms with Crippen molar-refractivity contribution in [3.8, 4) is 5.75 Å². The molecule has 2 heterocycles. The summed E-state index contributed by atoms with van der Waals surface area (Å²) in [6.07, 6.45) is 3.05. The lowest BCUT2D eigenvalue weighted by Crippen LogP contribution is -2.38. The third-order valence-electron chi connectivity index (χ3n) is 4.73. The predicted octanol–water partition coefficient (Wildman–Crippen LogP) is 2.24. The Hall–Kier alpha value is -3.42. The quantitative estimate of drug-likeness (QED) is 0.689. The number of carbonyl (C=O) groups excluding carboxylic acids is 1. The summed E-state index contributed by atoms with van der Waals surface area (Å²) in [5.41, 5.74) is 0.849. The Balaban J connectivity index is 2.13. The van der Waals surface area contributed by atoms with Gasteiger partial charge >= 0.3 is 5.69 Å². The zero-order chi connectivity index (χ0) is 21.1. The summed E-state index contributed by atoms with van der Waals surface area (Å²) in [5, 5.41) is 3.09. The lowest BCUT2D eigenvalue weighted by molar-refractivity contribution is 0.102. The number of aromatic nitrogens is 3. The van der Waals surface area contributed by atoms with Gasteiger partial charge in [0.15, 0.2) is 5.65 Å². The van der Waals surface area contributed by atoms with Crippen LogP contribution in [0.4, 0.5) is 5.69 Å². The van der Waals surface area contributed by atoms with Gasteiger partial charge in [-0.15, -0.1) is 0 Å². The SMILES string of the molecule is CCCc1cnc2c(c1NC(=O)c1ccc(OCC)cc1)c(=O)n(C)c(=O)n2C. The van der Waals surface area contributed by atoms with Gasteiger partial charge in [-0.3, -0.25) is 18.7 Å². The number of benzene rings is 1. The summed E-state index contributed by atoms with van der Waals surface area (Å²) in [6.45, 7) is 4.43. The van der Waals surface area contributed by atoms with Crippen molar-refractivity contribution in [3.63, 3.8) is 0 Å². The Morgan fingerprint density at radius 3 is 2.41 bits per heavy atom. The van der Waals surface area contributed by atoms with Gasteiger partial charge in [-0.05, 0) is 43.2 Å². The first kappa shape index (κ1) is 20.3. The van der Waals surface area contributed by atoms with E-state index in [0.29, 0.717) is 30.0 Å². The average molecular weight is 396 g/mol. The Morgan fingerprint density at radius 1 is 1.10 bits per heavy atom. The van der Waals surface area contributed by atoms with E-state index in [1.165, 1.54) is 11.6 Å². The fourth-order valence-electron chi connectivity index (χ4n) is 3.22. The molecule has 3 aromatic rings. The fourth-order valence-corrected chi connectivity index (χ4v) is 3.22. The number of hydrogen-bond donors (Lipinski definition) is 1. The molecular formula is C21H24N4O4. The normalized spacial score (nSPS) is 10.9. The Morgan fingerprint density at radius 2 is 1.79 bits per heavy atom. The van der Waals surface area contributed by atoms with Crippen molar-refractivity contribution in [1.82, 2.24) is 14.1 Å². The van der Waals surface area contributed by atoms with E-state index in [4.69, 9.17) is 4.74 Å². The van der Waals surface area contributed by atoms with Crippen LogP contribution in [0, 0.1) is 0 Å². The highest BCUT2D eigenvalue weighted by Gasteiger charge is 2.19. The van der Waals surface area contributed by atoms with Crippen molar-refractivity contribution in [2.24, 2.45) is 14.1 Å². The minimum absolute atomic E-state index is 0.222. The summed E-state index contributed by atoms with van der Waals surface area (Å²) in [7, 11) is 2.96. The van der Waals surface area contributed by atoms with Crippen LogP contribution in [0.25, 0.3) is 11.0 Å². The highest BCUT2D eigenvalue weighted by Crippen LogP contribution is 2.25.